The van der Waals surface area contributed by atoms with Gasteiger partial charge in [-0.25, -0.2) is 9.97 Å². The minimum atomic E-state index is -2.96. The third kappa shape index (κ3) is 1.46. The van der Waals surface area contributed by atoms with Gasteiger partial charge in [0.05, 0.1) is 6.20 Å². The number of rotatable bonds is 1. The van der Waals surface area contributed by atoms with E-state index < -0.39 is 11.7 Å². The summed E-state index contributed by atoms with van der Waals surface area (Å²) in [7, 11) is 0. The lowest BCUT2D eigenvalue weighted by molar-refractivity contribution is 0.00761. The zero-order valence-electron chi connectivity index (χ0n) is 5.31. The maximum Gasteiger partial charge on any atom is 0.303 e. The Morgan fingerprint density at radius 2 is 2.30 bits per heavy atom. The Labute approximate surface area is 56.9 Å². The van der Waals surface area contributed by atoms with Gasteiger partial charge < -0.3 is 0 Å². The quantitative estimate of drug-likeness (QED) is 0.593. The minimum absolute atomic E-state index is 0.491. The normalized spacial score (nSPS) is 11.5. The predicted octanol–water partition coefficient (Wildman–Crippen LogP) is 1.39. The van der Waals surface area contributed by atoms with Crippen LogP contribution in [-0.2, 0) is 5.92 Å². The summed E-state index contributed by atoms with van der Waals surface area (Å²) in [5.41, 5.74) is 0. The van der Waals surface area contributed by atoms with Crippen LogP contribution in [0.2, 0.25) is 0 Å². The van der Waals surface area contributed by atoms with Crippen molar-refractivity contribution in [1.29, 1.82) is 0 Å². The predicted molar refractivity (Wildman–Crippen MR) is 30.4 cm³/mol. The first-order chi connectivity index (χ1) is 4.61. The lowest BCUT2D eigenvalue weighted by Crippen LogP contribution is -2.11. The van der Waals surface area contributed by atoms with Crippen LogP contribution in [0.1, 0.15) is 12.7 Å². The molecule has 1 aromatic rings. The summed E-state index contributed by atoms with van der Waals surface area (Å²) in [6.45, 7) is 0.746. The number of halogens is 2. The molecule has 0 saturated carbocycles. The first kappa shape index (κ1) is 7.05. The van der Waals surface area contributed by atoms with E-state index in [1.807, 2.05) is 0 Å². The number of aromatic nitrogens is 2. The summed E-state index contributed by atoms with van der Waals surface area (Å²) in [5.74, 6) is -3.45. The van der Waals surface area contributed by atoms with Crippen molar-refractivity contribution in [3.05, 3.63) is 24.3 Å². The molecule has 0 N–H and O–H groups in total. The molecule has 0 bridgehead atoms. The summed E-state index contributed by atoms with van der Waals surface area (Å²) in [6.07, 6.45) is 3.51. The standard InChI is InChI=1S/C6H5F2N2/c1-6(7,8)5-9-3-2-4-10-5/h2-3H,1H3. The monoisotopic (exact) mass is 143 g/mol. The van der Waals surface area contributed by atoms with E-state index in [0.717, 1.165) is 6.92 Å². The van der Waals surface area contributed by atoms with Crippen LogP contribution >= 0.6 is 0 Å². The van der Waals surface area contributed by atoms with Crippen molar-refractivity contribution < 1.29 is 8.78 Å². The van der Waals surface area contributed by atoms with E-state index in [0.29, 0.717) is 0 Å². The van der Waals surface area contributed by atoms with E-state index in [9.17, 15) is 8.78 Å². The Balaban J connectivity index is 2.97. The van der Waals surface area contributed by atoms with Crippen LogP contribution in [0.15, 0.2) is 12.3 Å². The van der Waals surface area contributed by atoms with E-state index in [-0.39, 0.29) is 0 Å². The second-order valence-electron chi connectivity index (χ2n) is 1.90. The summed E-state index contributed by atoms with van der Waals surface area (Å²) in [5, 5.41) is 0. The van der Waals surface area contributed by atoms with Crippen molar-refractivity contribution in [3.8, 4) is 0 Å². The number of hydrogen-bond acceptors (Lipinski definition) is 2. The molecule has 2 nitrogen and oxygen atoms in total. The Morgan fingerprint density at radius 1 is 1.60 bits per heavy atom. The zero-order chi connectivity index (χ0) is 7.61. The van der Waals surface area contributed by atoms with Crippen LogP contribution in [0, 0.1) is 6.20 Å². The van der Waals surface area contributed by atoms with Gasteiger partial charge in [-0.15, -0.1) is 0 Å². The molecule has 1 radical (unpaired) electrons. The molecule has 0 aliphatic rings. The van der Waals surface area contributed by atoms with E-state index in [2.05, 4.69) is 16.2 Å². The molecule has 0 amide bonds. The highest BCUT2D eigenvalue weighted by Gasteiger charge is 2.27. The molecule has 0 aliphatic carbocycles. The first-order valence-electron chi connectivity index (χ1n) is 2.68. The van der Waals surface area contributed by atoms with E-state index in [1.165, 1.54) is 12.3 Å². The summed E-state index contributed by atoms with van der Waals surface area (Å²) < 4.78 is 24.6. The molecule has 4 heteroatoms. The average Bonchev–Trinajstić information content (AvgIpc) is 1.88. The second-order valence-corrected chi connectivity index (χ2v) is 1.90. The third-order valence-corrected chi connectivity index (χ3v) is 0.909. The highest BCUT2D eigenvalue weighted by atomic mass is 19.3. The fraction of sp³-hybridized carbons (Fsp3) is 0.333. The van der Waals surface area contributed by atoms with Gasteiger partial charge in [-0.3, -0.25) is 0 Å². The van der Waals surface area contributed by atoms with E-state index >= 15 is 0 Å². The molecule has 0 atom stereocenters. The summed E-state index contributed by atoms with van der Waals surface area (Å²) in [6, 6.07) is 1.37. The Hall–Kier alpha value is -1.06. The third-order valence-electron chi connectivity index (χ3n) is 0.909. The molecule has 0 spiro atoms. The highest BCUT2D eigenvalue weighted by molar-refractivity contribution is 4.93. The molecule has 0 saturated heterocycles. The van der Waals surface area contributed by atoms with Crippen LogP contribution < -0.4 is 0 Å². The maximum atomic E-state index is 12.3. The van der Waals surface area contributed by atoms with Crippen LogP contribution in [0.5, 0.6) is 0 Å². The highest BCUT2D eigenvalue weighted by Crippen LogP contribution is 2.21. The molecule has 10 heavy (non-hydrogen) atoms. The lowest BCUT2D eigenvalue weighted by atomic mass is 10.3. The van der Waals surface area contributed by atoms with Crippen LogP contribution in [-0.4, -0.2) is 9.97 Å². The number of nitrogens with zero attached hydrogens (tertiary/aromatic N) is 2. The maximum absolute atomic E-state index is 12.3. The Morgan fingerprint density at radius 3 is 2.60 bits per heavy atom. The molecule has 1 aromatic heterocycles. The fourth-order valence-corrected chi connectivity index (χ4v) is 0.480. The van der Waals surface area contributed by atoms with Crippen molar-refractivity contribution in [1.82, 2.24) is 9.97 Å². The molecule has 0 aromatic carbocycles. The van der Waals surface area contributed by atoms with Gasteiger partial charge in [-0.05, 0) is 6.07 Å². The van der Waals surface area contributed by atoms with E-state index in [4.69, 9.17) is 0 Å². The van der Waals surface area contributed by atoms with Gasteiger partial charge in [0.1, 0.15) is 0 Å². The molecule has 1 rings (SSSR count). The van der Waals surface area contributed by atoms with Gasteiger partial charge in [-0.2, -0.15) is 8.78 Å². The topological polar surface area (TPSA) is 25.8 Å². The van der Waals surface area contributed by atoms with Gasteiger partial charge in [0.2, 0.25) is 0 Å². The molecular formula is C6H5F2N2. The summed E-state index contributed by atoms with van der Waals surface area (Å²) in [4.78, 5) is 6.62. The number of alkyl halides is 2. The van der Waals surface area contributed by atoms with Gasteiger partial charge in [0.25, 0.3) is 0 Å². The molecule has 0 fully saturated rings. The average molecular weight is 143 g/mol. The van der Waals surface area contributed by atoms with Crippen molar-refractivity contribution in [3.63, 3.8) is 0 Å². The largest absolute Gasteiger partial charge is 0.303 e. The molecule has 0 aliphatic heterocycles. The molecule has 53 valence electrons. The van der Waals surface area contributed by atoms with Gasteiger partial charge in [0.15, 0.2) is 5.82 Å². The minimum Gasteiger partial charge on any atom is -0.236 e. The van der Waals surface area contributed by atoms with E-state index in [1.54, 1.807) is 0 Å². The van der Waals surface area contributed by atoms with Gasteiger partial charge in [0, 0.05) is 13.1 Å². The molecule has 1 heterocycles. The Kier molecular flexibility index (Phi) is 1.61. The first-order valence-corrected chi connectivity index (χ1v) is 2.68. The Bertz CT molecular complexity index is 205. The summed E-state index contributed by atoms with van der Waals surface area (Å²) >= 11 is 0. The zero-order valence-corrected chi connectivity index (χ0v) is 5.31. The molecular weight excluding hydrogens is 138 g/mol. The van der Waals surface area contributed by atoms with Crippen molar-refractivity contribution in [2.24, 2.45) is 0 Å². The van der Waals surface area contributed by atoms with Crippen LogP contribution in [0.25, 0.3) is 0 Å². The van der Waals surface area contributed by atoms with Crippen molar-refractivity contribution >= 4 is 0 Å². The van der Waals surface area contributed by atoms with Gasteiger partial charge >= 0.3 is 5.92 Å². The fourth-order valence-electron chi connectivity index (χ4n) is 0.480. The van der Waals surface area contributed by atoms with Gasteiger partial charge in [-0.1, -0.05) is 0 Å². The van der Waals surface area contributed by atoms with Crippen LogP contribution in [0.4, 0.5) is 8.78 Å². The molecule has 0 unspecified atom stereocenters. The number of hydrogen-bond donors (Lipinski definition) is 0. The SMILES string of the molecule is CC(F)(F)c1n[c]ccn1. The lowest BCUT2D eigenvalue weighted by Gasteiger charge is -2.05. The van der Waals surface area contributed by atoms with Crippen molar-refractivity contribution in [2.45, 2.75) is 12.8 Å². The smallest absolute Gasteiger partial charge is 0.236 e. The van der Waals surface area contributed by atoms with Crippen LogP contribution in [0.3, 0.4) is 0 Å². The van der Waals surface area contributed by atoms with Crippen molar-refractivity contribution in [2.75, 3.05) is 0 Å². The second kappa shape index (κ2) is 2.28.